The summed E-state index contributed by atoms with van der Waals surface area (Å²) < 4.78 is 173. The lowest BCUT2D eigenvalue weighted by Crippen LogP contribution is -2.36. The van der Waals surface area contributed by atoms with E-state index in [0.717, 1.165) is 16.8 Å². The topological polar surface area (TPSA) is 158 Å². The molecule has 9 rings (SSSR count). The van der Waals surface area contributed by atoms with Crippen LogP contribution in [0.4, 0.5) is 40.9 Å². The number of sulfonamides is 1. The third-order valence-electron chi connectivity index (χ3n) is 12.8. The number of carbonyl (C=O) groups excluding carboxylic acids is 1. The molecule has 0 aliphatic heterocycles. The van der Waals surface area contributed by atoms with Gasteiger partial charge in [-0.1, -0.05) is 18.2 Å². The van der Waals surface area contributed by atoms with Crippen LogP contribution in [0.2, 0.25) is 0 Å². The van der Waals surface area contributed by atoms with Crippen molar-refractivity contribution in [1.82, 2.24) is 29.9 Å². The van der Waals surface area contributed by atoms with E-state index in [1.165, 1.54) is 24.3 Å². The average molecular weight is 954 g/mol. The lowest BCUT2D eigenvalue weighted by atomic mass is 9.93. The first-order chi connectivity index (χ1) is 30.6. The number of amides is 1. The molecule has 3 fully saturated rings. The number of nitrogens with one attached hydrogen (secondary N) is 2. The van der Waals surface area contributed by atoms with Gasteiger partial charge in [0.25, 0.3) is 18.8 Å². The highest BCUT2D eigenvalue weighted by Crippen LogP contribution is 2.68. The standard InChI is InChI=1S/C43H43F8N7O5S2/c1-42(2,64(60,61)25-7-8-25)13-12-24-6-11-27(28-4-3-5-29-38(28)57(19-33(46)47)55-41(29)56-65(62,63)26-9-10-26)36(52-24)32(16-21-14-22(44)17-23(45)15-21)53-34(59)20-58-39-35(37(54-58)40(48)49)30-18-31(30)43(39,50)51/h3-6,11,14-15,17,25-26,30-33,40H,7-10,12-13,16,18-20H2,1-2H3,(H,53,59)(H,55,56)/t30?,31-,32+/m1/s1. The van der Waals surface area contributed by atoms with Gasteiger partial charge in [0, 0.05) is 39.8 Å². The van der Waals surface area contributed by atoms with Crippen LogP contribution >= 0.6 is 0 Å². The molecule has 3 heterocycles. The molecule has 65 heavy (non-hydrogen) atoms. The van der Waals surface area contributed by atoms with Crippen molar-refractivity contribution in [3.8, 4) is 11.1 Å². The first kappa shape index (κ1) is 45.1. The number of benzene rings is 2. The summed E-state index contributed by atoms with van der Waals surface area (Å²) in [5.41, 5.74) is -1.46. The lowest BCUT2D eigenvalue weighted by molar-refractivity contribution is -0.123. The monoisotopic (exact) mass is 953 g/mol. The Hall–Kier alpha value is -5.12. The van der Waals surface area contributed by atoms with Crippen LogP contribution in [0.5, 0.6) is 0 Å². The van der Waals surface area contributed by atoms with Crippen LogP contribution in [-0.2, 0) is 56.5 Å². The highest BCUT2D eigenvalue weighted by atomic mass is 32.2. The van der Waals surface area contributed by atoms with Gasteiger partial charge in [-0.25, -0.2) is 43.2 Å². The second-order valence-corrected chi connectivity index (χ2v) is 22.8. The quantitative estimate of drug-likeness (QED) is 0.0832. The minimum atomic E-state index is -3.95. The highest BCUT2D eigenvalue weighted by Gasteiger charge is 2.67. The van der Waals surface area contributed by atoms with Crippen molar-refractivity contribution in [2.45, 2.75) is 124 Å². The summed E-state index contributed by atoms with van der Waals surface area (Å²) in [6.45, 7) is 1.21. The van der Waals surface area contributed by atoms with Crippen LogP contribution in [-0.4, -0.2) is 69.0 Å². The molecule has 348 valence electrons. The number of hydrogen-bond acceptors (Lipinski definition) is 8. The van der Waals surface area contributed by atoms with Crippen molar-refractivity contribution in [3.05, 3.63) is 94.1 Å². The van der Waals surface area contributed by atoms with Gasteiger partial charge in [-0.05, 0) is 101 Å². The minimum Gasteiger partial charge on any atom is -0.346 e. The van der Waals surface area contributed by atoms with E-state index >= 15 is 8.78 Å². The molecule has 3 aromatic heterocycles. The Morgan fingerprint density at radius 1 is 0.892 bits per heavy atom. The van der Waals surface area contributed by atoms with E-state index in [-0.39, 0.29) is 69.6 Å². The number of rotatable bonds is 18. The SMILES string of the molecule is CC(C)(CCc1ccc(-c2cccc3c(NS(=O)(=O)C4CC4)nn(CC(F)F)c23)c([C@H](Cc2cc(F)cc(F)c2)NC(=O)Cn2nc(C(F)F)c3c2C(F)(F)[C@@H]2CC32)n1)S(=O)(=O)C1CC1. The van der Waals surface area contributed by atoms with Gasteiger partial charge in [-0.2, -0.15) is 19.0 Å². The van der Waals surface area contributed by atoms with E-state index in [1.54, 1.807) is 19.9 Å². The molecular weight excluding hydrogens is 911 g/mol. The highest BCUT2D eigenvalue weighted by molar-refractivity contribution is 7.93. The molecule has 1 unspecified atom stereocenters. The number of hydrogen-bond donors (Lipinski definition) is 2. The zero-order chi connectivity index (χ0) is 46.5. The van der Waals surface area contributed by atoms with E-state index in [2.05, 4.69) is 20.2 Å². The second kappa shape index (κ2) is 16.0. The van der Waals surface area contributed by atoms with Crippen molar-refractivity contribution in [3.63, 3.8) is 0 Å². The maximum absolute atomic E-state index is 15.5. The molecule has 22 heteroatoms. The number of anilines is 1. The van der Waals surface area contributed by atoms with Gasteiger partial charge in [0.05, 0.1) is 32.5 Å². The van der Waals surface area contributed by atoms with Crippen molar-refractivity contribution in [2.24, 2.45) is 5.92 Å². The van der Waals surface area contributed by atoms with Gasteiger partial charge >= 0.3 is 0 Å². The summed E-state index contributed by atoms with van der Waals surface area (Å²) >= 11 is 0. The van der Waals surface area contributed by atoms with Crippen molar-refractivity contribution in [1.29, 1.82) is 0 Å². The molecule has 0 radical (unpaired) electrons. The zero-order valence-corrected chi connectivity index (χ0v) is 36.5. The predicted molar refractivity (Wildman–Crippen MR) is 222 cm³/mol. The number of aromatic nitrogens is 5. The van der Waals surface area contributed by atoms with Gasteiger partial charge in [0.1, 0.15) is 36.1 Å². The average Bonchev–Trinajstić information content (AvgIpc) is 4.10. The third kappa shape index (κ3) is 8.48. The normalized spacial score (nSPS) is 19.8. The molecular formula is C43H43F8N7O5S2. The fourth-order valence-corrected chi connectivity index (χ4v) is 12.5. The largest absolute Gasteiger partial charge is 0.346 e. The van der Waals surface area contributed by atoms with E-state index in [4.69, 9.17) is 4.98 Å². The number of carbonyl (C=O) groups is 1. The summed E-state index contributed by atoms with van der Waals surface area (Å²) in [5.74, 6) is -8.87. The van der Waals surface area contributed by atoms with Gasteiger partial charge in [-0.3, -0.25) is 23.9 Å². The number of fused-ring (bicyclic) bond motifs is 4. The molecule has 3 saturated carbocycles. The molecule has 2 N–H and O–H groups in total. The van der Waals surface area contributed by atoms with Crippen molar-refractivity contribution >= 4 is 42.5 Å². The van der Waals surface area contributed by atoms with Gasteiger partial charge in [0.2, 0.25) is 15.9 Å². The lowest BCUT2D eigenvalue weighted by Gasteiger charge is -2.26. The fraction of sp³-hybridized carbons (Fsp3) is 0.488. The maximum atomic E-state index is 15.5. The first-order valence-electron chi connectivity index (χ1n) is 21.1. The van der Waals surface area contributed by atoms with Gasteiger partial charge < -0.3 is 5.32 Å². The van der Waals surface area contributed by atoms with Gasteiger partial charge in [0.15, 0.2) is 15.7 Å². The number of nitrogens with zero attached hydrogens (tertiary/aromatic N) is 5. The molecule has 0 spiro atoms. The number of pyridine rings is 1. The molecule has 0 saturated heterocycles. The van der Waals surface area contributed by atoms with Crippen LogP contribution < -0.4 is 10.0 Å². The Labute approximate surface area is 368 Å². The minimum absolute atomic E-state index is 0.0167. The Bertz CT molecular complexity index is 2930. The molecule has 0 bridgehead atoms. The van der Waals surface area contributed by atoms with Crippen LogP contribution in [0.25, 0.3) is 22.0 Å². The number of sulfone groups is 1. The van der Waals surface area contributed by atoms with E-state index < -0.39 is 120 Å². The number of halogens is 8. The summed E-state index contributed by atoms with van der Waals surface area (Å²) in [6.07, 6.45) is -4.66. The predicted octanol–water partition coefficient (Wildman–Crippen LogP) is 8.28. The molecule has 4 aliphatic rings. The number of aryl methyl sites for hydroxylation is 1. The molecule has 12 nitrogen and oxygen atoms in total. The summed E-state index contributed by atoms with van der Waals surface area (Å²) in [7, 11) is -7.51. The van der Waals surface area contributed by atoms with Crippen molar-refractivity contribution in [2.75, 3.05) is 4.72 Å². The van der Waals surface area contributed by atoms with Crippen LogP contribution in [0.3, 0.4) is 0 Å². The molecule has 2 aromatic carbocycles. The summed E-state index contributed by atoms with van der Waals surface area (Å²) in [5, 5.41) is 9.60. The Morgan fingerprint density at radius 3 is 2.23 bits per heavy atom. The molecule has 4 aliphatic carbocycles. The Morgan fingerprint density at radius 2 is 1.58 bits per heavy atom. The first-order valence-corrected chi connectivity index (χ1v) is 24.2. The summed E-state index contributed by atoms with van der Waals surface area (Å²) in [4.78, 5) is 19.0. The van der Waals surface area contributed by atoms with Gasteiger partial charge in [-0.15, -0.1) is 0 Å². The number of para-hydroxylation sites is 1. The fourth-order valence-electron chi connectivity index (χ4n) is 9.07. The molecule has 1 amide bonds. The molecule has 5 aromatic rings. The molecule has 3 atom stereocenters. The van der Waals surface area contributed by atoms with Crippen molar-refractivity contribution < 1.29 is 56.8 Å². The third-order valence-corrected chi connectivity index (χ3v) is 17.7. The van der Waals surface area contributed by atoms with E-state index in [9.17, 15) is 48.0 Å². The summed E-state index contributed by atoms with van der Waals surface area (Å²) in [6, 6.07) is 8.70. The number of alkyl halides is 6. The smallest absolute Gasteiger partial charge is 0.293 e. The maximum Gasteiger partial charge on any atom is 0.293 e. The zero-order valence-electron chi connectivity index (χ0n) is 34.8. The van der Waals surface area contributed by atoms with E-state index in [0.29, 0.717) is 36.4 Å². The Kier molecular flexibility index (Phi) is 11.1. The van der Waals surface area contributed by atoms with Crippen LogP contribution in [0.15, 0.2) is 48.5 Å². The van der Waals surface area contributed by atoms with E-state index in [1.807, 2.05) is 0 Å². The Balaban J connectivity index is 1.17. The van der Waals surface area contributed by atoms with Crippen LogP contribution in [0, 0.1) is 17.6 Å². The second-order valence-electron chi connectivity index (χ2n) is 18.0. The van der Waals surface area contributed by atoms with Crippen LogP contribution in [0.1, 0.15) is 105 Å².